The Kier molecular flexibility index (Phi) is 8.04. The van der Waals surface area contributed by atoms with Gasteiger partial charge in [0.2, 0.25) is 0 Å². The normalized spacial score (nSPS) is 16.8. The maximum atomic E-state index is 8.92. The number of nitrogens with two attached hydrogens (primary N) is 1. The van der Waals surface area contributed by atoms with Gasteiger partial charge in [-0.05, 0) is 61.8 Å². The predicted molar refractivity (Wildman–Crippen MR) is 114 cm³/mol. The van der Waals surface area contributed by atoms with Crippen LogP contribution < -0.4 is 5.73 Å². The Balaban J connectivity index is 1.49. The van der Waals surface area contributed by atoms with Gasteiger partial charge in [-0.15, -0.1) is 0 Å². The van der Waals surface area contributed by atoms with Crippen LogP contribution in [0.4, 0.5) is 0 Å². The van der Waals surface area contributed by atoms with Crippen LogP contribution in [0.3, 0.4) is 0 Å². The number of hydrogen-bond donors (Lipinski definition) is 3. The highest BCUT2D eigenvalue weighted by atomic mass is 16.4. The Morgan fingerprint density at radius 2 is 1.89 bits per heavy atom. The molecule has 0 saturated carbocycles. The summed E-state index contributed by atoms with van der Waals surface area (Å²) >= 11 is 0. The lowest BCUT2D eigenvalue weighted by Crippen LogP contribution is -2.40. The highest BCUT2D eigenvalue weighted by Crippen LogP contribution is 2.27. The third-order valence-electron chi connectivity index (χ3n) is 5.87. The van der Waals surface area contributed by atoms with Gasteiger partial charge < -0.3 is 15.8 Å². The number of likely N-dealkylation sites (tertiary alicyclic amines) is 1. The van der Waals surface area contributed by atoms with Gasteiger partial charge in [0.1, 0.15) is 0 Å². The van der Waals surface area contributed by atoms with E-state index in [9.17, 15) is 0 Å². The third-order valence-corrected chi connectivity index (χ3v) is 5.87. The second-order valence-corrected chi connectivity index (χ2v) is 7.94. The molecular formula is C22H32BN3O2. The topological polar surface area (TPSA) is 82.6 Å². The molecule has 1 aromatic heterocycles. The summed E-state index contributed by atoms with van der Waals surface area (Å²) in [6, 6.07) is 12.9. The lowest BCUT2D eigenvalue weighted by Gasteiger charge is -2.35. The maximum Gasteiger partial charge on any atom is 0.451 e. The van der Waals surface area contributed by atoms with Crippen molar-refractivity contribution in [3.05, 3.63) is 54.4 Å². The van der Waals surface area contributed by atoms with Gasteiger partial charge in [0, 0.05) is 30.5 Å². The lowest BCUT2D eigenvalue weighted by atomic mass is 9.82. The fourth-order valence-corrected chi connectivity index (χ4v) is 4.18. The first-order valence-electron chi connectivity index (χ1n) is 10.5. The van der Waals surface area contributed by atoms with Crippen LogP contribution in [0.1, 0.15) is 37.7 Å². The lowest BCUT2D eigenvalue weighted by molar-refractivity contribution is 0.159. The minimum absolute atomic E-state index is 0.223. The van der Waals surface area contributed by atoms with Crippen molar-refractivity contribution >= 4 is 7.12 Å². The number of aromatic nitrogens is 1. The van der Waals surface area contributed by atoms with Crippen LogP contribution in [0.25, 0.3) is 11.1 Å². The van der Waals surface area contributed by atoms with Crippen molar-refractivity contribution in [2.75, 3.05) is 13.1 Å². The SMILES string of the molecule is NC(CCCCB(O)O)C1CCN(Cc2ccccc2-c2cccnc2)CC1. The van der Waals surface area contributed by atoms with Gasteiger partial charge in [-0.3, -0.25) is 9.88 Å². The molecule has 0 radical (unpaired) electrons. The van der Waals surface area contributed by atoms with Crippen molar-refractivity contribution in [1.29, 1.82) is 0 Å². The summed E-state index contributed by atoms with van der Waals surface area (Å²) in [7, 11) is -1.19. The van der Waals surface area contributed by atoms with Gasteiger partial charge in [-0.2, -0.15) is 0 Å². The van der Waals surface area contributed by atoms with Gasteiger partial charge in [0.15, 0.2) is 0 Å². The van der Waals surface area contributed by atoms with E-state index in [1.165, 1.54) is 16.7 Å². The van der Waals surface area contributed by atoms with E-state index in [-0.39, 0.29) is 6.04 Å². The smallest absolute Gasteiger partial charge is 0.427 e. The van der Waals surface area contributed by atoms with Gasteiger partial charge in [-0.1, -0.05) is 43.2 Å². The zero-order chi connectivity index (χ0) is 19.8. The maximum absolute atomic E-state index is 8.92. The molecule has 5 nitrogen and oxygen atoms in total. The van der Waals surface area contributed by atoms with E-state index in [1.807, 2.05) is 18.5 Å². The minimum Gasteiger partial charge on any atom is -0.427 e. The molecule has 0 spiro atoms. The van der Waals surface area contributed by atoms with E-state index in [4.69, 9.17) is 15.8 Å². The highest BCUT2D eigenvalue weighted by Gasteiger charge is 2.24. The van der Waals surface area contributed by atoms with Crippen LogP contribution in [-0.2, 0) is 6.54 Å². The zero-order valence-electron chi connectivity index (χ0n) is 16.6. The largest absolute Gasteiger partial charge is 0.451 e. The number of piperidine rings is 1. The first-order chi connectivity index (χ1) is 13.6. The predicted octanol–water partition coefficient (Wildman–Crippen LogP) is 2.93. The molecule has 0 aliphatic carbocycles. The Morgan fingerprint density at radius 1 is 1.11 bits per heavy atom. The highest BCUT2D eigenvalue weighted by molar-refractivity contribution is 6.40. The Hall–Kier alpha value is -1.73. The average molecular weight is 381 g/mol. The molecule has 1 aliphatic rings. The fraction of sp³-hybridized carbons (Fsp3) is 0.500. The van der Waals surface area contributed by atoms with E-state index in [0.29, 0.717) is 12.2 Å². The minimum atomic E-state index is -1.19. The number of benzene rings is 1. The van der Waals surface area contributed by atoms with Crippen molar-refractivity contribution in [1.82, 2.24) is 9.88 Å². The first kappa shape index (κ1) is 21.0. The standard InChI is InChI=1S/C22H32BN3O2/c24-22(9-3-4-12-23(27)28)18-10-14-26(15-11-18)17-20-6-1-2-8-21(20)19-7-5-13-25-16-19/h1-2,5-8,13,16,18,22,27-28H,3-4,9-12,14-15,17,24H2. The molecule has 2 aromatic rings. The molecule has 1 fully saturated rings. The van der Waals surface area contributed by atoms with Crippen LogP contribution in [0, 0.1) is 5.92 Å². The average Bonchev–Trinajstić information content (AvgIpc) is 2.72. The molecule has 2 heterocycles. The summed E-state index contributed by atoms with van der Waals surface area (Å²) in [5, 5.41) is 17.8. The Morgan fingerprint density at radius 3 is 2.61 bits per heavy atom. The number of rotatable bonds is 9. The molecular weight excluding hydrogens is 349 g/mol. The molecule has 1 aliphatic heterocycles. The first-order valence-corrected chi connectivity index (χ1v) is 10.5. The van der Waals surface area contributed by atoms with E-state index in [1.54, 1.807) is 0 Å². The van der Waals surface area contributed by atoms with Crippen LogP contribution in [-0.4, -0.2) is 46.2 Å². The monoisotopic (exact) mass is 381 g/mol. The van der Waals surface area contributed by atoms with Crippen molar-refractivity contribution in [2.45, 2.75) is 51.0 Å². The summed E-state index contributed by atoms with van der Waals surface area (Å²) in [5.41, 5.74) is 10.2. The van der Waals surface area contributed by atoms with E-state index in [0.717, 1.165) is 51.7 Å². The Bertz CT molecular complexity index is 706. The van der Waals surface area contributed by atoms with Gasteiger partial charge in [0.25, 0.3) is 0 Å². The molecule has 1 atom stereocenters. The molecule has 0 bridgehead atoms. The summed E-state index contributed by atoms with van der Waals surface area (Å²) in [5.74, 6) is 0.573. The second kappa shape index (κ2) is 10.7. The summed E-state index contributed by atoms with van der Waals surface area (Å²) in [6.07, 6.45) is 9.24. The number of nitrogens with zero attached hydrogens (tertiary/aromatic N) is 2. The van der Waals surface area contributed by atoms with Crippen molar-refractivity contribution in [2.24, 2.45) is 11.7 Å². The molecule has 6 heteroatoms. The number of unbranched alkanes of at least 4 members (excludes halogenated alkanes) is 1. The van der Waals surface area contributed by atoms with Crippen LogP contribution in [0.15, 0.2) is 48.8 Å². The summed E-state index contributed by atoms with van der Waals surface area (Å²) in [6.45, 7) is 3.12. The Labute approximate surface area is 168 Å². The molecule has 1 unspecified atom stereocenters. The van der Waals surface area contributed by atoms with Crippen LogP contribution in [0.5, 0.6) is 0 Å². The fourth-order valence-electron chi connectivity index (χ4n) is 4.18. The van der Waals surface area contributed by atoms with E-state index < -0.39 is 7.12 Å². The molecule has 3 rings (SSSR count). The summed E-state index contributed by atoms with van der Waals surface area (Å²) < 4.78 is 0. The molecule has 0 amide bonds. The summed E-state index contributed by atoms with van der Waals surface area (Å²) in [4.78, 5) is 6.79. The van der Waals surface area contributed by atoms with Crippen molar-refractivity contribution in [3.63, 3.8) is 0 Å². The van der Waals surface area contributed by atoms with Gasteiger partial charge in [-0.25, -0.2) is 0 Å². The van der Waals surface area contributed by atoms with Crippen molar-refractivity contribution in [3.8, 4) is 11.1 Å². The van der Waals surface area contributed by atoms with Crippen LogP contribution in [0.2, 0.25) is 6.32 Å². The molecule has 1 aromatic carbocycles. The number of pyridine rings is 1. The van der Waals surface area contributed by atoms with Crippen molar-refractivity contribution < 1.29 is 10.0 Å². The number of hydrogen-bond acceptors (Lipinski definition) is 5. The molecule has 1 saturated heterocycles. The molecule has 4 N–H and O–H groups in total. The van der Waals surface area contributed by atoms with E-state index in [2.05, 4.69) is 40.2 Å². The second-order valence-electron chi connectivity index (χ2n) is 7.94. The van der Waals surface area contributed by atoms with E-state index >= 15 is 0 Å². The van der Waals surface area contributed by atoms with Gasteiger partial charge >= 0.3 is 7.12 Å². The third kappa shape index (κ3) is 6.14. The quantitative estimate of drug-likeness (QED) is 0.460. The molecule has 150 valence electrons. The molecule has 28 heavy (non-hydrogen) atoms. The van der Waals surface area contributed by atoms with Crippen LogP contribution >= 0.6 is 0 Å². The zero-order valence-corrected chi connectivity index (χ0v) is 16.6. The van der Waals surface area contributed by atoms with Gasteiger partial charge in [0.05, 0.1) is 0 Å².